The van der Waals surface area contributed by atoms with Crippen molar-refractivity contribution in [2.75, 3.05) is 0 Å². The summed E-state index contributed by atoms with van der Waals surface area (Å²) in [5, 5.41) is 10.2. The van der Waals surface area contributed by atoms with Gasteiger partial charge in [-0.25, -0.2) is 0 Å². The number of allylic oxidation sites excluding steroid dienone is 3. The Labute approximate surface area is 186 Å². The predicted octanol–water partition coefficient (Wildman–Crippen LogP) is 7.94. The third-order valence-corrected chi connectivity index (χ3v) is 10.8. The molecule has 30 heavy (non-hydrogen) atoms. The highest BCUT2D eigenvalue weighted by atomic mass is 16.3. The van der Waals surface area contributed by atoms with Crippen LogP contribution in [0.15, 0.2) is 23.3 Å². The molecule has 4 aliphatic carbocycles. The van der Waals surface area contributed by atoms with Gasteiger partial charge in [0, 0.05) is 0 Å². The third kappa shape index (κ3) is 3.66. The van der Waals surface area contributed by atoms with Crippen LogP contribution in [0.25, 0.3) is 0 Å². The van der Waals surface area contributed by atoms with Crippen LogP contribution in [0.4, 0.5) is 0 Å². The van der Waals surface area contributed by atoms with Gasteiger partial charge < -0.3 is 5.11 Å². The summed E-state index contributed by atoms with van der Waals surface area (Å²) in [6.45, 7) is 14.7. The molecule has 0 aromatic heterocycles. The van der Waals surface area contributed by atoms with E-state index in [1.807, 2.05) is 0 Å². The smallest absolute Gasteiger partial charge is 0.0577 e. The Balaban J connectivity index is 1.49. The quantitative estimate of drug-likeness (QED) is 0.454. The molecule has 0 spiro atoms. The average Bonchev–Trinajstić information content (AvgIpc) is 3.06. The lowest BCUT2D eigenvalue weighted by Crippen LogP contribution is -2.50. The largest absolute Gasteiger partial charge is 0.393 e. The first kappa shape index (κ1) is 22.6. The van der Waals surface area contributed by atoms with Crippen molar-refractivity contribution in [3.8, 4) is 0 Å². The zero-order valence-electron chi connectivity index (χ0n) is 20.7. The van der Waals surface area contributed by atoms with Crippen molar-refractivity contribution in [1.82, 2.24) is 0 Å². The normalized spacial score (nSPS) is 44.9. The van der Waals surface area contributed by atoms with Crippen molar-refractivity contribution in [1.29, 1.82) is 0 Å². The van der Waals surface area contributed by atoms with Gasteiger partial charge in [-0.1, -0.05) is 57.9 Å². The minimum absolute atomic E-state index is 0.0839. The molecule has 3 fully saturated rings. The molecule has 0 aromatic carbocycles. The van der Waals surface area contributed by atoms with E-state index in [4.69, 9.17) is 0 Å². The van der Waals surface area contributed by atoms with Gasteiger partial charge in [-0.05, 0) is 117 Å². The Morgan fingerprint density at radius 1 is 1.10 bits per heavy atom. The lowest BCUT2D eigenvalue weighted by molar-refractivity contribution is -0.0571. The van der Waals surface area contributed by atoms with E-state index in [-0.39, 0.29) is 6.10 Å². The Morgan fingerprint density at radius 2 is 1.87 bits per heavy atom. The summed E-state index contributed by atoms with van der Waals surface area (Å²) >= 11 is 0. The molecule has 0 radical (unpaired) electrons. The Kier molecular flexibility index (Phi) is 6.35. The molecule has 0 aliphatic heterocycles. The molecule has 170 valence electrons. The van der Waals surface area contributed by atoms with Gasteiger partial charge in [0.2, 0.25) is 0 Å². The standard InChI is InChI=1S/C29H48O/c1-7-21(19(2)3)9-8-20(4)25-12-13-26-24-11-10-22-18-23(30)14-16-28(22,5)27(24)15-17-29(25,26)6/h7,10,19-20,23-27,30H,8-9,11-18H2,1-6H3/t20-,23-,24+,25-,26+,27+,28+,29-/m1/s1. The highest BCUT2D eigenvalue weighted by molar-refractivity contribution is 5.25. The average molecular weight is 413 g/mol. The minimum Gasteiger partial charge on any atom is -0.393 e. The summed E-state index contributed by atoms with van der Waals surface area (Å²) in [6.07, 6.45) is 17.8. The van der Waals surface area contributed by atoms with Crippen LogP contribution in [0.1, 0.15) is 106 Å². The van der Waals surface area contributed by atoms with Gasteiger partial charge in [0.05, 0.1) is 6.10 Å². The van der Waals surface area contributed by atoms with E-state index in [0.29, 0.717) is 16.7 Å². The Bertz CT molecular complexity index is 686. The molecule has 3 saturated carbocycles. The first-order valence-electron chi connectivity index (χ1n) is 13.2. The number of hydrogen-bond acceptors (Lipinski definition) is 1. The molecule has 4 aliphatic rings. The number of rotatable bonds is 5. The Morgan fingerprint density at radius 3 is 2.57 bits per heavy atom. The number of fused-ring (bicyclic) bond motifs is 5. The summed E-state index contributed by atoms with van der Waals surface area (Å²) in [4.78, 5) is 0. The van der Waals surface area contributed by atoms with Crippen LogP contribution in [-0.4, -0.2) is 11.2 Å². The van der Waals surface area contributed by atoms with Crippen LogP contribution >= 0.6 is 0 Å². The molecule has 0 aromatic rings. The van der Waals surface area contributed by atoms with Crippen LogP contribution in [0.3, 0.4) is 0 Å². The van der Waals surface area contributed by atoms with Gasteiger partial charge in [-0.15, -0.1) is 0 Å². The second-order valence-corrected chi connectivity index (χ2v) is 12.4. The zero-order chi connectivity index (χ0) is 21.7. The molecule has 1 nitrogen and oxygen atoms in total. The maximum Gasteiger partial charge on any atom is 0.0577 e. The summed E-state index contributed by atoms with van der Waals surface area (Å²) < 4.78 is 0. The second-order valence-electron chi connectivity index (χ2n) is 12.4. The molecule has 0 unspecified atom stereocenters. The second kappa shape index (κ2) is 8.42. The molecule has 0 amide bonds. The van der Waals surface area contributed by atoms with Gasteiger partial charge in [-0.2, -0.15) is 0 Å². The van der Waals surface area contributed by atoms with E-state index in [9.17, 15) is 5.11 Å². The van der Waals surface area contributed by atoms with E-state index >= 15 is 0 Å². The Hall–Kier alpha value is -0.560. The molecular formula is C29H48O. The maximum atomic E-state index is 10.2. The van der Waals surface area contributed by atoms with Crippen molar-refractivity contribution in [3.05, 3.63) is 23.3 Å². The van der Waals surface area contributed by atoms with Crippen LogP contribution in [0, 0.1) is 46.3 Å². The van der Waals surface area contributed by atoms with Crippen LogP contribution < -0.4 is 0 Å². The number of aliphatic hydroxyl groups is 1. The molecule has 8 atom stereocenters. The van der Waals surface area contributed by atoms with Crippen molar-refractivity contribution in [2.24, 2.45) is 46.3 Å². The van der Waals surface area contributed by atoms with E-state index in [1.165, 1.54) is 51.4 Å². The van der Waals surface area contributed by atoms with Crippen LogP contribution in [0.2, 0.25) is 0 Å². The van der Waals surface area contributed by atoms with Gasteiger partial charge in [-0.3, -0.25) is 0 Å². The highest BCUT2D eigenvalue weighted by Crippen LogP contribution is 2.67. The van der Waals surface area contributed by atoms with Crippen molar-refractivity contribution < 1.29 is 5.11 Å². The number of hydrogen-bond donors (Lipinski definition) is 1. The first-order valence-corrected chi connectivity index (χ1v) is 13.2. The zero-order valence-corrected chi connectivity index (χ0v) is 20.7. The predicted molar refractivity (Wildman–Crippen MR) is 128 cm³/mol. The molecular weight excluding hydrogens is 364 g/mol. The summed E-state index contributed by atoms with van der Waals surface area (Å²) in [7, 11) is 0. The monoisotopic (exact) mass is 412 g/mol. The van der Waals surface area contributed by atoms with Crippen molar-refractivity contribution in [3.63, 3.8) is 0 Å². The van der Waals surface area contributed by atoms with E-state index in [0.717, 1.165) is 42.4 Å². The van der Waals surface area contributed by atoms with Crippen LogP contribution in [0.5, 0.6) is 0 Å². The van der Waals surface area contributed by atoms with Gasteiger partial charge in [0.1, 0.15) is 0 Å². The van der Waals surface area contributed by atoms with Crippen LogP contribution in [-0.2, 0) is 0 Å². The highest BCUT2D eigenvalue weighted by Gasteiger charge is 2.59. The van der Waals surface area contributed by atoms with E-state index in [1.54, 1.807) is 11.1 Å². The fraction of sp³-hybridized carbons (Fsp3) is 0.862. The number of aliphatic hydroxyl groups excluding tert-OH is 1. The summed E-state index contributed by atoms with van der Waals surface area (Å²) in [6, 6.07) is 0. The lowest BCUT2D eigenvalue weighted by atomic mass is 9.47. The van der Waals surface area contributed by atoms with Crippen molar-refractivity contribution in [2.45, 2.75) is 112 Å². The summed E-state index contributed by atoms with van der Waals surface area (Å²) in [5.74, 6) is 5.15. The van der Waals surface area contributed by atoms with E-state index < -0.39 is 0 Å². The van der Waals surface area contributed by atoms with Gasteiger partial charge in [0.15, 0.2) is 0 Å². The SMILES string of the molecule is CC=C(CC[C@@H](C)[C@H]1CC[C@H]2[C@@H]3CC=C4C[C@H](O)CC[C@]4(C)[C@H]3CC[C@]12C)C(C)C. The van der Waals surface area contributed by atoms with Gasteiger partial charge >= 0.3 is 0 Å². The molecule has 1 N–H and O–H groups in total. The molecule has 0 heterocycles. The lowest BCUT2D eigenvalue weighted by Gasteiger charge is -2.58. The fourth-order valence-electron chi connectivity index (χ4n) is 8.98. The molecule has 0 bridgehead atoms. The third-order valence-electron chi connectivity index (χ3n) is 10.8. The topological polar surface area (TPSA) is 20.2 Å². The van der Waals surface area contributed by atoms with E-state index in [2.05, 4.69) is 53.7 Å². The maximum absolute atomic E-state index is 10.2. The summed E-state index contributed by atoms with van der Waals surface area (Å²) in [5.41, 5.74) is 4.21. The molecule has 4 rings (SSSR count). The minimum atomic E-state index is -0.0839. The fourth-order valence-corrected chi connectivity index (χ4v) is 8.98. The molecule has 0 saturated heterocycles. The first-order chi connectivity index (χ1) is 14.2. The van der Waals surface area contributed by atoms with Crippen molar-refractivity contribution >= 4 is 0 Å². The molecule has 1 heteroatoms. The van der Waals surface area contributed by atoms with Gasteiger partial charge in [0.25, 0.3) is 0 Å².